The molecule has 0 aliphatic heterocycles. The molecule has 4 rings (SSSR count). The van der Waals surface area contributed by atoms with E-state index in [4.69, 9.17) is 0 Å². The minimum absolute atomic E-state index is 0.0603. The maximum Gasteiger partial charge on any atom is 0.254 e. The van der Waals surface area contributed by atoms with Gasteiger partial charge in [-0.1, -0.05) is 30.3 Å². The van der Waals surface area contributed by atoms with Crippen LogP contribution in [-0.2, 0) is 6.54 Å². The maximum absolute atomic E-state index is 13.0. The largest absolute Gasteiger partial charge is 0.331 e. The van der Waals surface area contributed by atoms with Gasteiger partial charge in [-0.05, 0) is 30.5 Å². The van der Waals surface area contributed by atoms with Crippen LogP contribution in [0.25, 0.3) is 5.82 Å². The Morgan fingerprint density at radius 1 is 1.17 bits per heavy atom. The number of hydrogen-bond acceptors (Lipinski definition) is 3. The molecule has 0 atom stereocenters. The fourth-order valence-corrected chi connectivity index (χ4v) is 2.79. The lowest BCUT2D eigenvalue weighted by atomic mass is 10.1. The first-order valence-corrected chi connectivity index (χ1v) is 8.10. The Hall–Kier alpha value is -2.95. The molecule has 24 heavy (non-hydrogen) atoms. The number of aromatic nitrogens is 3. The van der Waals surface area contributed by atoms with Gasteiger partial charge in [0.1, 0.15) is 12.1 Å². The quantitative estimate of drug-likeness (QED) is 0.726. The summed E-state index contributed by atoms with van der Waals surface area (Å²) >= 11 is 0. The van der Waals surface area contributed by atoms with Crippen LogP contribution in [0.15, 0.2) is 67.4 Å². The molecule has 1 amide bonds. The van der Waals surface area contributed by atoms with Crippen LogP contribution in [0.3, 0.4) is 0 Å². The summed E-state index contributed by atoms with van der Waals surface area (Å²) in [4.78, 5) is 23.4. The topological polar surface area (TPSA) is 51.0 Å². The van der Waals surface area contributed by atoms with Gasteiger partial charge in [0.25, 0.3) is 5.91 Å². The van der Waals surface area contributed by atoms with Crippen LogP contribution in [0.4, 0.5) is 0 Å². The van der Waals surface area contributed by atoms with Gasteiger partial charge < -0.3 is 4.90 Å². The van der Waals surface area contributed by atoms with Crippen LogP contribution in [0.1, 0.15) is 28.8 Å². The van der Waals surface area contributed by atoms with E-state index in [0.717, 1.165) is 18.4 Å². The van der Waals surface area contributed by atoms with E-state index in [1.165, 1.54) is 0 Å². The zero-order valence-electron chi connectivity index (χ0n) is 13.2. The molecule has 5 heteroatoms. The molecular formula is C19H18N4O. The monoisotopic (exact) mass is 318 g/mol. The Morgan fingerprint density at radius 3 is 2.71 bits per heavy atom. The number of imidazole rings is 1. The van der Waals surface area contributed by atoms with Gasteiger partial charge in [0.2, 0.25) is 0 Å². The van der Waals surface area contributed by atoms with E-state index in [1.807, 2.05) is 35.4 Å². The summed E-state index contributed by atoms with van der Waals surface area (Å²) in [5.41, 5.74) is 1.82. The highest BCUT2D eigenvalue weighted by Crippen LogP contribution is 2.30. The molecule has 0 radical (unpaired) electrons. The Bertz CT molecular complexity index is 826. The van der Waals surface area contributed by atoms with Gasteiger partial charge in [0.05, 0.1) is 0 Å². The third-order valence-corrected chi connectivity index (χ3v) is 4.21. The first kappa shape index (κ1) is 14.6. The second kappa shape index (κ2) is 6.28. The van der Waals surface area contributed by atoms with Gasteiger partial charge in [-0.25, -0.2) is 9.97 Å². The zero-order chi connectivity index (χ0) is 16.4. The molecule has 0 saturated heterocycles. The molecule has 2 aromatic heterocycles. The van der Waals surface area contributed by atoms with Crippen LogP contribution in [0.2, 0.25) is 0 Å². The van der Waals surface area contributed by atoms with Gasteiger partial charge in [-0.15, -0.1) is 0 Å². The van der Waals surface area contributed by atoms with Crippen molar-refractivity contribution in [3.05, 3.63) is 78.5 Å². The smallest absolute Gasteiger partial charge is 0.254 e. The zero-order valence-corrected chi connectivity index (χ0v) is 13.2. The highest BCUT2D eigenvalue weighted by Gasteiger charge is 2.33. The molecule has 1 aliphatic carbocycles. The van der Waals surface area contributed by atoms with Crippen LogP contribution in [-0.4, -0.2) is 31.4 Å². The second-order valence-corrected chi connectivity index (χ2v) is 6.02. The van der Waals surface area contributed by atoms with Crippen molar-refractivity contribution >= 4 is 5.91 Å². The van der Waals surface area contributed by atoms with Crippen LogP contribution >= 0.6 is 0 Å². The third-order valence-electron chi connectivity index (χ3n) is 4.21. The van der Waals surface area contributed by atoms with Crippen molar-refractivity contribution in [1.82, 2.24) is 19.4 Å². The standard InChI is InChI=1S/C19H18N4O/c24-19(16-8-9-21-18(12-16)22-11-10-20-14-22)23(17-6-7-17)13-15-4-2-1-3-5-15/h1-5,8-12,14,17H,6-7,13H2. The van der Waals surface area contributed by atoms with Crippen molar-refractivity contribution in [2.75, 3.05) is 0 Å². The number of pyridine rings is 1. The number of nitrogens with zero attached hydrogens (tertiary/aromatic N) is 4. The lowest BCUT2D eigenvalue weighted by Crippen LogP contribution is -2.32. The summed E-state index contributed by atoms with van der Waals surface area (Å²) in [5, 5.41) is 0. The molecule has 0 N–H and O–H groups in total. The van der Waals surface area contributed by atoms with Crippen molar-refractivity contribution in [2.24, 2.45) is 0 Å². The van der Waals surface area contributed by atoms with Crippen molar-refractivity contribution in [2.45, 2.75) is 25.4 Å². The molecular weight excluding hydrogens is 300 g/mol. The molecule has 1 aromatic carbocycles. The number of rotatable bonds is 5. The third kappa shape index (κ3) is 3.06. The van der Waals surface area contributed by atoms with Gasteiger partial charge in [-0.3, -0.25) is 9.36 Å². The van der Waals surface area contributed by atoms with Crippen molar-refractivity contribution in [3.8, 4) is 5.82 Å². The van der Waals surface area contributed by atoms with Crippen LogP contribution in [0.5, 0.6) is 0 Å². The molecule has 0 spiro atoms. The van der Waals surface area contributed by atoms with Crippen LogP contribution in [0, 0.1) is 0 Å². The van der Waals surface area contributed by atoms with E-state index in [2.05, 4.69) is 22.1 Å². The van der Waals surface area contributed by atoms with Crippen molar-refractivity contribution < 1.29 is 4.79 Å². The number of amides is 1. The van der Waals surface area contributed by atoms with Crippen LogP contribution < -0.4 is 0 Å². The summed E-state index contributed by atoms with van der Waals surface area (Å²) in [6.07, 6.45) is 9.03. The Balaban J connectivity index is 1.60. The molecule has 0 unspecified atom stereocenters. The molecule has 3 aromatic rings. The van der Waals surface area contributed by atoms with Crippen molar-refractivity contribution in [3.63, 3.8) is 0 Å². The fraction of sp³-hybridized carbons (Fsp3) is 0.211. The van der Waals surface area contributed by atoms with Gasteiger partial charge in [-0.2, -0.15) is 0 Å². The normalized spacial score (nSPS) is 13.7. The molecule has 120 valence electrons. The predicted molar refractivity (Wildman–Crippen MR) is 90.7 cm³/mol. The number of hydrogen-bond donors (Lipinski definition) is 0. The summed E-state index contributed by atoms with van der Waals surface area (Å²) in [6.45, 7) is 0.646. The SMILES string of the molecule is O=C(c1ccnc(-n2ccnc2)c1)N(Cc1ccccc1)C1CC1. The molecule has 5 nitrogen and oxygen atoms in total. The Labute approximate surface area is 140 Å². The summed E-state index contributed by atoms with van der Waals surface area (Å²) < 4.78 is 1.80. The van der Waals surface area contributed by atoms with Crippen molar-refractivity contribution in [1.29, 1.82) is 0 Å². The second-order valence-electron chi connectivity index (χ2n) is 6.02. The summed E-state index contributed by atoms with van der Waals surface area (Å²) in [6, 6.07) is 14.1. The van der Waals surface area contributed by atoms with E-state index >= 15 is 0 Å². The minimum Gasteiger partial charge on any atom is -0.331 e. The average molecular weight is 318 g/mol. The fourth-order valence-electron chi connectivity index (χ4n) is 2.79. The maximum atomic E-state index is 13.0. The highest BCUT2D eigenvalue weighted by molar-refractivity contribution is 5.95. The molecule has 2 heterocycles. The van der Waals surface area contributed by atoms with Gasteiger partial charge in [0, 0.05) is 36.7 Å². The Kier molecular flexibility index (Phi) is 3.83. The van der Waals surface area contributed by atoms with Gasteiger partial charge in [0.15, 0.2) is 0 Å². The molecule has 1 saturated carbocycles. The van der Waals surface area contributed by atoms with E-state index < -0.39 is 0 Å². The average Bonchev–Trinajstić information content (AvgIpc) is 3.33. The molecule has 1 fully saturated rings. The summed E-state index contributed by atoms with van der Waals surface area (Å²) in [5.74, 6) is 0.763. The lowest BCUT2D eigenvalue weighted by molar-refractivity contribution is 0.0730. The molecule has 0 bridgehead atoms. The van der Waals surface area contributed by atoms with E-state index in [1.54, 1.807) is 29.4 Å². The summed E-state index contributed by atoms with van der Waals surface area (Å²) in [7, 11) is 0. The molecule has 1 aliphatic rings. The first-order chi connectivity index (χ1) is 11.8. The van der Waals surface area contributed by atoms with E-state index in [9.17, 15) is 4.79 Å². The minimum atomic E-state index is 0.0603. The van der Waals surface area contributed by atoms with E-state index in [-0.39, 0.29) is 5.91 Å². The number of carbonyl (C=O) groups is 1. The highest BCUT2D eigenvalue weighted by atomic mass is 16.2. The number of benzene rings is 1. The lowest BCUT2D eigenvalue weighted by Gasteiger charge is -2.23. The number of carbonyl (C=O) groups excluding carboxylic acids is 1. The van der Waals surface area contributed by atoms with E-state index in [0.29, 0.717) is 24.0 Å². The first-order valence-electron chi connectivity index (χ1n) is 8.10. The Morgan fingerprint density at radius 2 is 2.00 bits per heavy atom. The predicted octanol–water partition coefficient (Wildman–Crippen LogP) is 3.07. The van der Waals surface area contributed by atoms with Gasteiger partial charge >= 0.3 is 0 Å².